The van der Waals surface area contributed by atoms with Crippen LogP contribution in [0, 0.1) is 0 Å². The number of amides is 1. The van der Waals surface area contributed by atoms with Crippen molar-refractivity contribution in [3.63, 3.8) is 0 Å². The lowest BCUT2D eigenvalue weighted by Crippen LogP contribution is -2.37. The smallest absolute Gasteiger partial charge is 0.253 e. The fourth-order valence-corrected chi connectivity index (χ4v) is 1.44. The predicted molar refractivity (Wildman–Crippen MR) is 64.5 cm³/mol. The molecule has 0 radical (unpaired) electrons. The molecule has 0 aromatic heterocycles. The number of rotatable bonds is 4. The maximum Gasteiger partial charge on any atom is 0.253 e. The van der Waals surface area contributed by atoms with E-state index in [1.165, 1.54) is 6.07 Å². The molecule has 88 valence electrons. The quantitative estimate of drug-likeness (QED) is 0.699. The van der Waals surface area contributed by atoms with Crippen molar-refractivity contribution < 1.29 is 9.90 Å². The third-order valence-corrected chi connectivity index (χ3v) is 2.54. The topological polar surface area (TPSA) is 75.3 Å². The van der Waals surface area contributed by atoms with Gasteiger partial charge < -0.3 is 16.2 Å². The number of hydrogen-bond donors (Lipinski definition) is 3. The van der Waals surface area contributed by atoms with E-state index in [-0.39, 0.29) is 18.6 Å². The summed E-state index contributed by atoms with van der Waals surface area (Å²) in [6, 6.07) is 4.45. The summed E-state index contributed by atoms with van der Waals surface area (Å²) in [7, 11) is 0. The van der Waals surface area contributed by atoms with Gasteiger partial charge in [-0.2, -0.15) is 0 Å². The van der Waals surface area contributed by atoms with Crippen molar-refractivity contribution in [2.24, 2.45) is 0 Å². The zero-order chi connectivity index (χ0) is 12.1. The summed E-state index contributed by atoms with van der Waals surface area (Å²) in [4.78, 5) is 11.8. The maximum absolute atomic E-state index is 11.8. The van der Waals surface area contributed by atoms with Crippen LogP contribution in [-0.2, 0) is 0 Å². The molecule has 1 aromatic rings. The second-order valence-corrected chi connectivity index (χ2v) is 3.93. The molecule has 16 heavy (non-hydrogen) atoms. The second kappa shape index (κ2) is 5.72. The molecule has 0 unspecified atom stereocenters. The summed E-state index contributed by atoms with van der Waals surface area (Å²) >= 11 is 5.78. The molecule has 0 bridgehead atoms. The van der Waals surface area contributed by atoms with Gasteiger partial charge in [0.2, 0.25) is 0 Å². The van der Waals surface area contributed by atoms with Crippen LogP contribution in [0.4, 0.5) is 5.69 Å². The van der Waals surface area contributed by atoms with Crippen LogP contribution >= 0.6 is 11.6 Å². The Morgan fingerprint density at radius 3 is 2.88 bits per heavy atom. The van der Waals surface area contributed by atoms with Crippen molar-refractivity contribution >= 4 is 23.2 Å². The average Bonchev–Trinajstić information content (AvgIpc) is 2.28. The Morgan fingerprint density at radius 1 is 1.62 bits per heavy atom. The van der Waals surface area contributed by atoms with Crippen molar-refractivity contribution in [2.75, 3.05) is 12.3 Å². The van der Waals surface area contributed by atoms with Gasteiger partial charge in [-0.15, -0.1) is 0 Å². The van der Waals surface area contributed by atoms with Crippen LogP contribution in [0.2, 0.25) is 5.02 Å². The standard InChI is InChI=1S/C11H15ClN2O2/c1-2-8(6-15)14-11(16)9-5-7(12)3-4-10(9)13/h3-5,8,15H,2,6,13H2,1H3,(H,14,16)/t8-/m1/s1. The van der Waals surface area contributed by atoms with E-state index >= 15 is 0 Å². The van der Waals surface area contributed by atoms with Gasteiger partial charge in [-0.3, -0.25) is 4.79 Å². The molecule has 1 amide bonds. The third kappa shape index (κ3) is 3.12. The van der Waals surface area contributed by atoms with Gasteiger partial charge in [0.1, 0.15) is 0 Å². The lowest BCUT2D eigenvalue weighted by Gasteiger charge is -2.14. The first-order chi connectivity index (χ1) is 7.58. The first kappa shape index (κ1) is 12.8. The number of nitrogens with one attached hydrogen (secondary N) is 1. The molecule has 0 aliphatic carbocycles. The average molecular weight is 243 g/mol. The van der Waals surface area contributed by atoms with Crippen LogP contribution in [0.5, 0.6) is 0 Å². The maximum atomic E-state index is 11.8. The molecule has 0 saturated carbocycles. The molecular formula is C11H15ClN2O2. The van der Waals surface area contributed by atoms with Crippen LogP contribution < -0.4 is 11.1 Å². The molecular weight excluding hydrogens is 228 g/mol. The highest BCUT2D eigenvalue weighted by atomic mass is 35.5. The van der Waals surface area contributed by atoms with Gasteiger partial charge in [-0.25, -0.2) is 0 Å². The molecule has 0 spiro atoms. The number of carbonyl (C=O) groups is 1. The second-order valence-electron chi connectivity index (χ2n) is 3.49. The highest BCUT2D eigenvalue weighted by Crippen LogP contribution is 2.17. The molecule has 1 rings (SSSR count). The molecule has 0 aliphatic heterocycles. The normalized spacial score (nSPS) is 12.2. The van der Waals surface area contributed by atoms with Gasteiger partial charge >= 0.3 is 0 Å². The number of aliphatic hydroxyl groups is 1. The molecule has 1 atom stereocenters. The van der Waals surface area contributed by atoms with Crippen LogP contribution in [0.3, 0.4) is 0 Å². The third-order valence-electron chi connectivity index (χ3n) is 2.31. The SMILES string of the molecule is CC[C@H](CO)NC(=O)c1cc(Cl)ccc1N. The largest absolute Gasteiger partial charge is 0.398 e. The number of nitrogens with two attached hydrogens (primary N) is 1. The molecule has 0 fully saturated rings. The van der Waals surface area contributed by atoms with Gasteiger partial charge in [0.05, 0.1) is 18.2 Å². The minimum atomic E-state index is -0.319. The van der Waals surface area contributed by atoms with Gasteiger partial charge in [0, 0.05) is 10.7 Å². The van der Waals surface area contributed by atoms with Crippen LogP contribution in [0.25, 0.3) is 0 Å². The van der Waals surface area contributed by atoms with Crippen molar-refractivity contribution in [1.29, 1.82) is 0 Å². The molecule has 0 heterocycles. The Kier molecular flexibility index (Phi) is 4.58. The number of aliphatic hydroxyl groups excluding tert-OH is 1. The summed E-state index contributed by atoms with van der Waals surface area (Å²) in [5.41, 5.74) is 6.37. The Morgan fingerprint density at radius 2 is 2.31 bits per heavy atom. The number of carbonyl (C=O) groups excluding carboxylic acids is 1. The molecule has 5 heteroatoms. The highest BCUT2D eigenvalue weighted by molar-refractivity contribution is 6.31. The van der Waals surface area contributed by atoms with E-state index in [1.807, 2.05) is 6.92 Å². The van der Waals surface area contributed by atoms with E-state index in [9.17, 15) is 4.79 Å². The number of benzene rings is 1. The summed E-state index contributed by atoms with van der Waals surface area (Å²) in [6.07, 6.45) is 0.655. The van der Waals surface area contributed by atoms with E-state index in [2.05, 4.69) is 5.32 Å². The first-order valence-corrected chi connectivity index (χ1v) is 5.43. The Balaban J connectivity index is 2.83. The van der Waals surface area contributed by atoms with Gasteiger partial charge in [-0.05, 0) is 24.6 Å². The van der Waals surface area contributed by atoms with Gasteiger partial charge in [0.25, 0.3) is 5.91 Å². The summed E-state index contributed by atoms with van der Waals surface area (Å²) in [5.74, 6) is -0.319. The Bertz CT molecular complexity index is 378. The zero-order valence-corrected chi connectivity index (χ0v) is 9.79. The van der Waals surface area contributed by atoms with E-state index in [0.717, 1.165) is 0 Å². The molecule has 0 aliphatic rings. The van der Waals surface area contributed by atoms with Crippen LogP contribution in [-0.4, -0.2) is 23.7 Å². The number of halogens is 1. The number of anilines is 1. The van der Waals surface area contributed by atoms with Crippen LogP contribution in [0.1, 0.15) is 23.7 Å². The van der Waals surface area contributed by atoms with Gasteiger partial charge in [-0.1, -0.05) is 18.5 Å². The lowest BCUT2D eigenvalue weighted by molar-refractivity contribution is 0.0916. The Labute approximate surface area is 99.4 Å². The highest BCUT2D eigenvalue weighted by Gasteiger charge is 2.13. The van der Waals surface area contributed by atoms with E-state index in [1.54, 1.807) is 12.1 Å². The van der Waals surface area contributed by atoms with Crippen molar-refractivity contribution in [3.05, 3.63) is 28.8 Å². The lowest BCUT2D eigenvalue weighted by atomic mass is 10.1. The van der Waals surface area contributed by atoms with E-state index in [4.69, 9.17) is 22.4 Å². The zero-order valence-electron chi connectivity index (χ0n) is 9.03. The predicted octanol–water partition coefficient (Wildman–Crippen LogP) is 1.42. The summed E-state index contributed by atoms with van der Waals surface area (Å²) in [5, 5.41) is 12.1. The van der Waals surface area contributed by atoms with Crippen molar-refractivity contribution in [2.45, 2.75) is 19.4 Å². The number of hydrogen-bond acceptors (Lipinski definition) is 3. The molecule has 4 nitrogen and oxygen atoms in total. The Hall–Kier alpha value is -1.26. The van der Waals surface area contributed by atoms with E-state index in [0.29, 0.717) is 22.7 Å². The van der Waals surface area contributed by atoms with Crippen molar-refractivity contribution in [1.82, 2.24) is 5.32 Å². The van der Waals surface area contributed by atoms with Crippen LogP contribution in [0.15, 0.2) is 18.2 Å². The number of nitrogen functional groups attached to an aromatic ring is 1. The van der Waals surface area contributed by atoms with Gasteiger partial charge in [0.15, 0.2) is 0 Å². The fourth-order valence-electron chi connectivity index (χ4n) is 1.27. The first-order valence-electron chi connectivity index (χ1n) is 5.05. The monoisotopic (exact) mass is 242 g/mol. The molecule has 0 saturated heterocycles. The van der Waals surface area contributed by atoms with E-state index < -0.39 is 0 Å². The minimum Gasteiger partial charge on any atom is -0.398 e. The summed E-state index contributed by atoms with van der Waals surface area (Å²) in [6.45, 7) is 1.78. The van der Waals surface area contributed by atoms with Crippen molar-refractivity contribution in [3.8, 4) is 0 Å². The minimum absolute atomic E-state index is 0.0945. The fraction of sp³-hybridized carbons (Fsp3) is 0.364. The summed E-state index contributed by atoms with van der Waals surface area (Å²) < 4.78 is 0. The molecule has 1 aromatic carbocycles. The molecule has 4 N–H and O–H groups in total.